The van der Waals surface area contributed by atoms with Crippen LogP contribution in [0.25, 0.3) is 0 Å². The van der Waals surface area contributed by atoms with E-state index in [1.165, 1.54) is 10.7 Å². The second-order valence-electron chi connectivity index (χ2n) is 6.16. The molecule has 0 N–H and O–H groups in total. The number of amides is 1. The molecule has 2 saturated heterocycles. The van der Waals surface area contributed by atoms with Gasteiger partial charge in [-0.05, 0) is 25.7 Å². The van der Waals surface area contributed by atoms with Gasteiger partial charge in [0.2, 0.25) is 15.9 Å². The molecule has 0 spiro atoms. The first-order valence-corrected chi connectivity index (χ1v) is 9.51. The minimum atomic E-state index is -3.09. The van der Waals surface area contributed by atoms with E-state index in [1.807, 2.05) is 4.90 Å². The van der Waals surface area contributed by atoms with Crippen molar-refractivity contribution < 1.29 is 13.2 Å². The summed E-state index contributed by atoms with van der Waals surface area (Å²) in [5.74, 6) is 0.931. The molecule has 2 aliphatic heterocycles. The molecule has 1 amide bonds. The molecular formula is C14H27N3O3S. The van der Waals surface area contributed by atoms with Gasteiger partial charge in [0, 0.05) is 39.3 Å². The van der Waals surface area contributed by atoms with Crippen LogP contribution >= 0.6 is 0 Å². The van der Waals surface area contributed by atoms with Crippen LogP contribution in [0, 0.1) is 5.92 Å². The molecule has 0 bridgehead atoms. The zero-order valence-electron chi connectivity index (χ0n) is 13.1. The summed E-state index contributed by atoms with van der Waals surface area (Å²) in [7, 11) is -3.09. The average molecular weight is 317 g/mol. The second kappa shape index (κ2) is 7.07. The average Bonchev–Trinajstić information content (AvgIpc) is 2.48. The maximum absolute atomic E-state index is 12.3. The van der Waals surface area contributed by atoms with Gasteiger partial charge in [-0.15, -0.1) is 0 Å². The number of sulfonamides is 1. The fraction of sp³-hybridized carbons (Fsp3) is 0.929. The van der Waals surface area contributed by atoms with Crippen molar-refractivity contribution in [3.8, 4) is 0 Å². The lowest BCUT2D eigenvalue weighted by atomic mass is 10.0. The fourth-order valence-electron chi connectivity index (χ4n) is 3.06. The Bertz CT molecular complexity index is 458. The van der Waals surface area contributed by atoms with E-state index in [2.05, 4.69) is 11.8 Å². The van der Waals surface area contributed by atoms with Crippen LogP contribution in [0.15, 0.2) is 0 Å². The van der Waals surface area contributed by atoms with E-state index in [0.717, 1.165) is 19.5 Å². The van der Waals surface area contributed by atoms with Crippen LogP contribution in [-0.2, 0) is 14.8 Å². The van der Waals surface area contributed by atoms with Crippen molar-refractivity contribution in [2.75, 3.05) is 51.6 Å². The number of piperazine rings is 1. The Hall–Kier alpha value is -0.660. The van der Waals surface area contributed by atoms with Crippen molar-refractivity contribution in [1.29, 1.82) is 0 Å². The van der Waals surface area contributed by atoms with E-state index in [9.17, 15) is 13.2 Å². The van der Waals surface area contributed by atoms with E-state index in [4.69, 9.17) is 0 Å². The first kappa shape index (κ1) is 16.7. The molecule has 0 aliphatic carbocycles. The molecule has 2 rings (SSSR count). The SMILES string of the molecule is CCS(=O)(=O)N1CCN(CC(=O)N2CCCC(C)C2)CC1. The molecule has 0 aromatic heterocycles. The zero-order valence-corrected chi connectivity index (χ0v) is 13.9. The number of carbonyl (C=O) groups is 1. The summed E-state index contributed by atoms with van der Waals surface area (Å²) in [6.45, 7) is 8.31. The first-order valence-electron chi connectivity index (χ1n) is 7.90. The number of piperidine rings is 1. The highest BCUT2D eigenvalue weighted by Crippen LogP contribution is 2.16. The summed E-state index contributed by atoms with van der Waals surface area (Å²) >= 11 is 0. The number of carbonyl (C=O) groups excluding carboxylic acids is 1. The molecule has 2 aliphatic rings. The van der Waals surface area contributed by atoms with Gasteiger partial charge in [0.15, 0.2) is 0 Å². The van der Waals surface area contributed by atoms with Crippen molar-refractivity contribution in [1.82, 2.24) is 14.1 Å². The highest BCUT2D eigenvalue weighted by Gasteiger charge is 2.28. The number of hydrogen-bond acceptors (Lipinski definition) is 4. The van der Waals surface area contributed by atoms with Gasteiger partial charge in [-0.2, -0.15) is 4.31 Å². The third-order valence-corrected chi connectivity index (χ3v) is 6.34. The van der Waals surface area contributed by atoms with Crippen molar-refractivity contribution in [3.63, 3.8) is 0 Å². The number of hydrogen-bond donors (Lipinski definition) is 0. The van der Waals surface area contributed by atoms with E-state index in [-0.39, 0.29) is 11.7 Å². The van der Waals surface area contributed by atoms with Crippen LogP contribution in [0.4, 0.5) is 0 Å². The van der Waals surface area contributed by atoms with Gasteiger partial charge < -0.3 is 4.90 Å². The zero-order chi connectivity index (χ0) is 15.5. The van der Waals surface area contributed by atoms with E-state index < -0.39 is 10.0 Å². The minimum absolute atomic E-state index is 0.150. The molecule has 0 saturated carbocycles. The van der Waals surface area contributed by atoms with Crippen LogP contribution in [0.3, 0.4) is 0 Å². The van der Waals surface area contributed by atoms with Crippen LogP contribution < -0.4 is 0 Å². The predicted octanol–water partition coefficient (Wildman–Crippen LogP) is 0.212. The lowest BCUT2D eigenvalue weighted by Crippen LogP contribution is -2.52. The summed E-state index contributed by atoms with van der Waals surface area (Å²) in [5, 5.41) is 0. The molecule has 0 aromatic rings. The molecule has 2 fully saturated rings. The predicted molar refractivity (Wildman–Crippen MR) is 82.5 cm³/mol. The second-order valence-corrected chi connectivity index (χ2v) is 8.42. The Morgan fingerprint density at radius 1 is 1.14 bits per heavy atom. The monoisotopic (exact) mass is 317 g/mol. The fourth-order valence-corrected chi connectivity index (χ4v) is 4.14. The molecule has 21 heavy (non-hydrogen) atoms. The molecule has 2 heterocycles. The number of likely N-dealkylation sites (tertiary alicyclic amines) is 1. The first-order chi connectivity index (χ1) is 9.92. The third kappa shape index (κ3) is 4.40. The van der Waals surface area contributed by atoms with Crippen molar-refractivity contribution in [2.45, 2.75) is 26.7 Å². The van der Waals surface area contributed by atoms with Crippen molar-refractivity contribution >= 4 is 15.9 Å². The van der Waals surface area contributed by atoms with Crippen LogP contribution in [0.2, 0.25) is 0 Å². The molecular weight excluding hydrogens is 290 g/mol. The molecule has 1 atom stereocenters. The maximum atomic E-state index is 12.3. The summed E-state index contributed by atoms with van der Waals surface area (Å²) in [6.07, 6.45) is 2.30. The van der Waals surface area contributed by atoms with Gasteiger partial charge in [-0.1, -0.05) is 6.92 Å². The molecule has 0 aromatic carbocycles. The maximum Gasteiger partial charge on any atom is 0.236 e. The molecule has 7 heteroatoms. The standard InChI is InChI=1S/C14H27N3O3S/c1-3-21(19,20)17-9-7-15(8-10-17)12-14(18)16-6-4-5-13(2)11-16/h13H,3-12H2,1-2H3. The van der Waals surface area contributed by atoms with Gasteiger partial charge in [-0.25, -0.2) is 8.42 Å². The molecule has 6 nitrogen and oxygen atoms in total. The Balaban J connectivity index is 1.79. The Kier molecular flexibility index (Phi) is 5.62. The van der Waals surface area contributed by atoms with Crippen LogP contribution in [0.5, 0.6) is 0 Å². The quantitative estimate of drug-likeness (QED) is 0.744. The molecule has 0 radical (unpaired) electrons. The summed E-state index contributed by atoms with van der Waals surface area (Å²) in [6, 6.07) is 0. The smallest absolute Gasteiger partial charge is 0.236 e. The normalized spacial score (nSPS) is 26.0. The van der Waals surface area contributed by atoms with E-state index >= 15 is 0 Å². The van der Waals surface area contributed by atoms with Crippen LogP contribution in [-0.4, -0.2) is 80.0 Å². The highest BCUT2D eigenvalue weighted by molar-refractivity contribution is 7.89. The highest BCUT2D eigenvalue weighted by atomic mass is 32.2. The van der Waals surface area contributed by atoms with Crippen molar-refractivity contribution in [3.05, 3.63) is 0 Å². The lowest BCUT2D eigenvalue weighted by Gasteiger charge is -2.36. The van der Waals surface area contributed by atoms with Gasteiger partial charge >= 0.3 is 0 Å². The topological polar surface area (TPSA) is 60.9 Å². The summed E-state index contributed by atoms with van der Waals surface area (Å²) < 4.78 is 25.1. The lowest BCUT2D eigenvalue weighted by molar-refractivity contribution is -0.134. The van der Waals surface area contributed by atoms with Gasteiger partial charge in [0.1, 0.15) is 0 Å². The van der Waals surface area contributed by atoms with E-state index in [0.29, 0.717) is 38.6 Å². The van der Waals surface area contributed by atoms with Gasteiger partial charge in [0.25, 0.3) is 0 Å². The van der Waals surface area contributed by atoms with Crippen molar-refractivity contribution in [2.24, 2.45) is 5.92 Å². The number of rotatable bonds is 4. The molecule has 1 unspecified atom stereocenters. The third-order valence-electron chi connectivity index (χ3n) is 4.46. The summed E-state index contributed by atoms with van der Waals surface area (Å²) in [4.78, 5) is 16.3. The van der Waals surface area contributed by atoms with Gasteiger partial charge in [-0.3, -0.25) is 9.69 Å². The summed E-state index contributed by atoms with van der Waals surface area (Å²) in [5.41, 5.74) is 0. The Labute approximate surface area is 128 Å². The largest absolute Gasteiger partial charge is 0.341 e. The Morgan fingerprint density at radius 3 is 2.38 bits per heavy atom. The minimum Gasteiger partial charge on any atom is -0.341 e. The van der Waals surface area contributed by atoms with Crippen LogP contribution in [0.1, 0.15) is 26.7 Å². The van der Waals surface area contributed by atoms with Gasteiger partial charge in [0.05, 0.1) is 12.3 Å². The molecule has 122 valence electrons. The Morgan fingerprint density at radius 2 is 1.81 bits per heavy atom. The number of nitrogens with zero attached hydrogens (tertiary/aromatic N) is 3. The van der Waals surface area contributed by atoms with E-state index in [1.54, 1.807) is 6.92 Å².